The summed E-state index contributed by atoms with van der Waals surface area (Å²) in [6.45, 7) is 26.2. The molecule has 0 fully saturated rings. The third-order valence-corrected chi connectivity index (χ3v) is 12.1. The summed E-state index contributed by atoms with van der Waals surface area (Å²) in [5, 5.41) is -0.581. The SMILES string of the molecule is CC(C)=CCC/C(C)=C/CC/C(C)=C/CC/C(C)=C/CC/C(C)=C/C(C/C(C)=C/CC/C(C)=C/CCC#C[Si](C)(C)C)S(=O)(=O)c1ccc(C)cc1. The van der Waals surface area contributed by atoms with Gasteiger partial charge >= 0.3 is 0 Å². The van der Waals surface area contributed by atoms with Crippen LogP contribution in [0.1, 0.15) is 144 Å². The summed E-state index contributed by atoms with van der Waals surface area (Å²) in [6, 6.07) is 7.31. The van der Waals surface area contributed by atoms with Crippen molar-refractivity contribution in [3.8, 4) is 11.5 Å². The second-order valence-electron chi connectivity index (χ2n) is 16.4. The fraction of sp³-hybridized carbons (Fsp3) is 0.542. The van der Waals surface area contributed by atoms with Gasteiger partial charge in [-0.1, -0.05) is 119 Å². The molecule has 1 unspecified atom stereocenters. The molecule has 0 saturated heterocycles. The fourth-order valence-corrected chi connectivity index (χ4v) is 8.28. The maximum Gasteiger partial charge on any atom is 0.185 e. The van der Waals surface area contributed by atoms with Crippen molar-refractivity contribution in [3.63, 3.8) is 0 Å². The molecular formula is C48H74O2SSi. The molecule has 0 radical (unpaired) electrons. The zero-order valence-electron chi connectivity index (χ0n) is 35.3. The zero-order valence-corrected chi connectivity index (χ0v) is 37.2. The minimum Gasteiger partial charge on any atom is -0.223 e. The Balaban J connectivity index is 2.83. The van der Waals surface area contributed by atoms with Gasteiger partial charge in [0, 0.05) is 6.42 Å². The molecule has 0 saturated carbocycles. The molecule has 1 atom stereocenters. The van der Waals surface area contributed by atoms with Crippen molar-refractivity contribution in [2.75, 3.05) is 0 Å². The smallest absolute Gasteiger partial charge is 0.185 e. The van der Waals surface area contributed by atoms with Crippen LogP contribution in [-0.2, 0) is 9.84 Å². The van der Waals surface area contributed by atoms with Crippen LogP contribution in [0.2, 0.25) is 19.6 Å². The number of aryl methyl sites for hydroxylation is 1. The van der Waals surface area contributed by atoms with Crippen LogP contribution in [0.4, 0.5) is 0 Å². The molecule has 1 rings (SSSR count). The van der Waals surface area contributed by atoms with E-state index < -0.39 is 23.2 Å². The number of hydrogen-bond acceptors (Lipinski definition) is 2. The molecule has 0 aliphatic heterocycles. The first-order chi connectivity index (χ1) is 24.4. The molecule has 1 aromatic rings. The first-order valence-corrected chi connectivity index (χ1v) is 24.8. The largest absolute Gasteiger partial charge is 0.223 e. The standard InChI is InChI=1S/C48H74O2SSi/c1-39(2)21-16-23-41(4)24-17-25-42(5)26-18-27-43(6)29-20-31-46(9)38-48(51(49,50)47-34-32-44(7)33-35-47)37-45(8)30-19-28-40(3)22-14-13-15-36-52(10,11)12/h21-22,24,26,29-30,32-35,38,48H,13-14,16-20,23,25,27-28,31,37H2,1-12H3/b40-22+,41-24+,42-26+,43-29+,45-30+,46-38+. The van der Waals surface area contributed by atoms with Gasteiger partial charge < -0.3 is 0 Å². The molecule has 0 bridgehead atoms. The average molecular weight is 743 g/mol. The lowest BCUT2D eigenvalue weighted by Crippen LogP contribution is -2.20. The van der Waals surface area contributed by atoms with E-state index in [4.69, 9.17) is 0 Å². The van der Waals surface area contributed by atoms with E-state index >= 15 is 0 Å². The summed E-state index contributed by atoms with van der Waals surface area (Å²) in [5.74, 6) is 3.35. The molecule has 288 valence electrons. The summed E-state index contributed by atoms with van der Waals surface area (Å²) in [5.41, 5.74) is 13.9. The number of rotatable bonds is 22. The van der Waals surface area contributed by atoms with Crippen LogP contribution in [0, 0.1) is 18.4 Å². The number of sulfone groups is 1. The molecule has 0 heterocycles. The van der Waals surface area contributed by atoms with Crippen molar-refractivity contribution < 1.29 is 8.42 Å². The maximum atomic E-state index is 13.9. The number of allylic oxidation sites excluding steroid dienone is 13. The highest BCUT2D eigenvalue weighted by Gasteiger charge is 2.26. The predicted molar refractivity (Wildman–Crippen MR) is 235 cm³/mol. The second-order valence-corrected chi connectivity index (χ2v) is 23.3. The Labute approximate surface area is 323 Å². The first-order valence-electron chi connectivity index (χ1n) is 19.8. The third-order valence-electron chi connectivity index (χ3n) is 9.18. The summed E-state index contributed by atoms with van der Waals surface area (Å²) < 4.78 is 27.9. The van der Waals surface area contributed by atoms with E-state index in [1.165, 1.54) is 27.9 Å². The Morgan fingerprint density at radius 2 is 1.00 bits per heavy atom. The van der Waals surface area contributed by atoms with Gasteiger partial charge in [0.25, 0.3) is 0 Å². The van der Waals surface area contributed by atoms with Gasteiger partial charge in [-0.2, -0.15) is 0 Å². The van der Waals surface area contributed by atoms with E-state index in [0.717, 1.165) is 93.8 Å². The first kappa shape index (κ1) is 47.1. The third kappa shape index (κ3) is 22.9. The van der Waals surface area contributed by atoms with Crippen LogP contribution in [0.3, 0.4) is 0 Å². The molecule has 0 aromatic heterocycles. The van der Waals surface area contributed by atoms with Crippen LogP contribution in [0.25, 0.3) is 0 Å². The van der Waals surface area contributed by atoms with Gasteiger partial charge in [-0.25, -0.2) is 8.42 Å². The average Bonchev–Trinajstić information content (AvgIpc) is 3.03. The fourth-order valence-electron chi connectivity index (χ4n) is 5.86. The Kier molecular flexibility index (Phi) is 22.8. The molecule has 0 aliphatic carbocycles. The van der Waals surface area contributed by atoms with E-state index in [2.05, 4.69) is 123 Å². The van der Waals surface area contributed by atoms with Crippen LogP contribution in [0.15, 0.2) is 111 Å². The van der Waals surface area contributed by atoms with Crippen LogP contribution < -0.4 is 0 Å². The van der Waals surface area contributed by atoms with Crippen LogP contribution in [-0.4, -0.2) is 21.7 Å². The second kappa shape index (κ2) is 25.2. The van der Waals surface area contributed by atoms with E-state index in [1.807, 2.05) is 25.1 Å². The van der Waals surface area contributed by atoms with E-state index in [-0.39, 0.29) is 0 Å². The summed E-state index contributed by atoms with van der Waals surface area (Å²) in [4.78, 5) is 0.403. The van der Waals surface area contributed by atoms with E-state index in [9.17, 15) is 8.42 Å². The van der Waals surface area contributed by atoms with Crippen molar-refractivity contribution in [3.05, 3.63) is 111 Å². The Morgan fingerprint density at radius 1 is 0.596 bits per heavy atom. The Morgan fingerprint density at radius 3 is 1.44 bits per heavy atom. The minimum atomic E-state index is -3.52. The number of hydrogen-bond donors (Lipinski definition) is 0. The van der Waals surface area contributed by atoms with Crippen molar-refractivity contribution >= 4 is 17.9 Å². The minimum absolute atomic E-state index is 0.403. The summed E-state index contributed by atoms with van der Waals surface area (Å²) in [7, 11) is -4.83. The Bertz CT molecular complexity index is 1620. The normalized spacial score (nSPS) is 14.6. The molecule has 0 N–H and O–H groups in total. The highest BCUT2D eigenvalue weighted by Crippen LogP contribution is 2.26. The summed E-state index contributed by atoms with van der Waals surface area (Å²) in [6.07, 6.45) is 28.8. The van der Waals surface area contributed by atoms with Crippen molar-refractivity contribution in [1.82, 2.24) is 0 Å². The Hall–Kier alpha value is -2.87. The van der Waals surface area contributed by atoms with Crippen LogP contribution >= 0.6 is 0 Å². The molecule has 2 nitrogen and oxygen atoms in total. The van der Waals surface area contributed by atoms with Crippen molar-refractivity contribution in [2.24, 2.45) is 0 Å². The van der Waals surface area contributed by atoms with Gasteiger partial charge in [-0.05, 0) is 151 Å². The maximum absolute atomic E-state index is 13.9. The van der Waals surface area contributed by atoms with Gasteiger partial charge in [0.15, 0.2) is 9.84 Å². The topological polar surface area (TPSA) is 34.1 Å². The monoisotopic (exact) mass is 743 g/mol. The molecule has 0 aliphatic rings. The predicted octanol–water partition coefficient (Wildman–Crippen LogP) is 14.7. The molecule has 0 spiro atoms. The van der Waals surface area contributed by atoms with Crippen molar-refractivity contribution in [1.29, 1.82) is 0 Å². The lowest BCUT2D eigenvalue weighted by molar-refractivity contribution is 0.586. The van der Waals surface area contributed by atoms with Gasteiger partial charge in [0.1, 0.15) is 8.07 Å². The molecule has 4 heteroatoms. The van der Waals surface area contributed by atoms with Gasteiger partial charge in [0.05, 0.1) is 10.1 Å². The zero-order chi connectivity index (χ0) is 39.2. The number of benzene rings is 1. The van der Waals surface area contributed by atoms with Crippen molar-refractivity contribution in [2.45, 2.75) is 176 Å². The summed E-state index contributed by atoms with van der Waals surface area (Å²) >= 11 is 0. The van der Waals surface area contributed by atoms with Crippen LogP contribution in [0.5, 0.6) is 0 Å². The highest BCUT2D eigenvalue weighted by molar-refractivity contribution is 7.92. The lowest BCUT2D eigenvalue weighted by Gasteiger charge is -2.17. The quantitative estimate of drug-likeness (QED) is 0.0513. The molecule has 0 amide bonds. The number of unbranched alkanes of at least 4 members (excludes halogenated alkanes) is 1. The van der Waals surface area contributed by atoms with Gasteiger partial charge in [-0.15, -0.1) is 11.5 Å². The molecule has 52 heavy (non-hydrogen) atoms. The van der Waals surface area contributed by atoms with Gasteiger partial charge in [-0.3, -0.25) is 0 Å². The molecule has 1 aromatic carbocycles. The highest BCUT2D eigenvalue weighted by atomic mass is 32.2. The van der Waals surface area contributed by atoms with E-state index in [0.29, 0.717) is 11.3 Å². The van der Waals surface area contributed by atoms with Gasteiger partial charge in [0.2, 0.25) is 0 Å². The lowest BCUT2D eigenvalue weighted by atomic mass is 10.0. The van der Waals surface area contributed by atoms with E-state index in [1.54, 1.807) is 12.1 Å². The molecular weight excluding hydrogens is 669 g/mol.